The Kier molecular flexibility index (Phi) is 7.92. The van der Waals surface area contributed by atoms with Crippen molar-refractivity contribution in [1.29, 1.82) is 0 Å². The highest BCUT2D eigenvalue weighted by molar-refractivity contribution is 6.39. The summed E-state index contributed by atoms with van der Waals surface area (Å²) in [6, 6.07) is 6.92. The lowest BCUT2D eigenvalue weighted by molar-refractivity contribution is 0.102. The molecule has 1 amide bonds. The van der Waals surface area contributed by atoms with E-state index < -0.39 is 0 Å². The van der Waals surface area contributed by atoms with Crippen LogP contribution < -0.4 is 5.32 Å². The van der Waals surface area contributed by atoms with Gasteiger partial charge >= 0.3 is 0 Å². The summed E-state index contributed by atoms with van der Waals surface area (Å²) >= 11 is 12.5. The van der Waals surface area contributed by atoms with E-state index >= 15 is 0 Å². The molecule has 1 N–H and O–H groups in total. The Hall–Kier alpha value is -2.15. The normalized spacial score (nSPS) is 14.9. The molecule has 4 rings (SSSR count). The van der Waals surface area contributed by atoms with Gasteiger partial charge in [-0.05, 0) is 70.1 Å². The van der Waals surface area contributed by atoms with Gasteiger partial charge in [-0.3, -0.25) is 4.79 Å². The number of likely N-dealkylation sites (tertiary alicyclic amines) is 1. The second-order valence-corrected chi connectivity index (χ2v) is 8.47. The second kappa shape index (κ2) is 10.4. The highest BCUT2D eigenvalue weighted by Crippen LogP contribution is 2.30. The summed E-state index contributed by atoms with van der Waals surface area (Å²) in [7, 11) is 2.15. The van der Waals surface area contributed by atoms with Crippen molar-refractivity contribution in [2.75, 3.05) is 25.5 Å². The Bertz CT molecular complexity index is 1040. The number of aromatic nitrogens is 3. The van der Waals surface area contributed by atoms with E-state index in [9.17, 15) is 4.79 Å². The first-order valence-corrected chi connectivity index (χ1v) is 11.4. The van der Waals surface area contributed by atoms with Gasteiger partial charge in [0.1, 0.15) is 0 Å². The van der Waals surface area contributed by atoms with Gasteiger partial charge in [0.2, 0.25) is 0 Å². The molecule has 2 aromatic heterocycles. The zero-order valence-electron chi connectivity index (χ0n) is 18.5. The molecular formula is C23H29Cl2N5O. The van der Waals surface area contributed by atoms with Gasteiger partial charge in [0.15, 0.2) is 5.65 Å². The zero-order chi connectivity index (χ0) is 22.5. The van der Waals surface area contributed by atoms with Crippen LogP contribution in [0.3, 0.4) is 0 Å². The van der Waals surface area contributed by atoms with Crippen molar-refractivity contribution >= 4 is 45.8 Å². The maximum absolute atomic E-state index is 12.7. The molecule has 0 saturated carbocycles. The number of carbonyl (C=O) groups excluding carboxylic acids is 1. The Morgan fingerprint density at radius 1 is 1.16 bits per heavy atom. The van der Waals surface area contributed by atoms with Crippen LogP contribution in [0.5, 0.6) is 0 Å². The van der Waals surface area contributed by atoms with Gasteiger partial charge in [-0.1, -0.05) is 37.0 Å². The number of piperidine rings is 1. The number of nitrogens with one attached hydrogen (secondary N) is 1. The number of carbonyl (C=O) groups is 1. The van der Waals surface area contributed by atoms with Crippen molar-refractivity contribution in [3.63, 3.8) is 0 Å². The Labute approximate surface area is 193 Å². The summed E-state index contributed by atoms with van der Waals surface area (Å²) < 4.78 is 1.94. The van der Waals surface area contributed by atoms with E-state index in [1.807, 2.05) is 25.5 Å². The van der Waals surface area contributed by atoms with Gasteiger partial charge in [-0.2, -0.15) is 5.10 Å². The SMILES string of the molecule is CC.Cc1nn(CC2CCN(C)CC2)c2ncc(C(=O)Nc3ccc(Cl)cc3)c(Cl)c12. The van der Waals surface area contributed by atoms with E-state index in [2.05, 4.69) is 27.3 Å². The molecule has 8 heteroatoms. The Morgan fingerprint density at radius 3 is 2.45 bits per heavy atom. The maximum Gasteiger partial charge on any atom is 0.258 e. The fraction of sp³-hybridized carbons (Fsp3) is 0.435. The number of pyridine rings is 1. The number of aryl methyl sites for hydroxylation is 1. The lowest BCUT2D eigenvalue weighted by atomic mass is 9.97. The lowest BCUT2D eigenvalue weighted by Gasteiger charge is -2.28. The smallest absolute Gasteiger partial charge is 0.258 e. The van der Waals surface area contributed by atoms with Gasteiger partial charge in [0.25, 0.3) is 5.91 Å². The Balaban J connectivity index is 0.00000132. The van der Waals surface area contributed by atoms with Gasteiger partial charge in [0.05, 0.1) is 21.7 Å². The standard InChI is InChI=1S/C21H23Cl2N5O.C2H6/c1-13-18-19(23)17(21(29)25-16-5-3-15(22)4-6-16)11-24-20(18)28(26-13)12-14-7-9-27(2)10-8-14;1-2/h3-6,11,14H,7-10,12H2,1-2H3,(H,25,29);1-2H3. The van der Waals surface area contributed by atoms with E-state index in [4.69, 9.17) is 23.2 Å². The molecule has 1 fully saturated rings. The van der Waals surface area contributed by atoms with Crippen LogP contribution in [0.1, 0.15) is 42.7 Å². The number of halogens is 2. The van der Waals surface area contributed by atoms with Crippen molar-refractivity contribution in [2.45, 2.75) is 40.2 Å². The van der Waals surface area contributed by atoms with Crippen LogP contribution >= 0.6 is 23.2 Å². The minimum absolute atomic E-state index is 0.311. The first-order valence-electron chi connectivity index (χ1n) is 10.7. The van der Waals surface area contributed by atoms with E-state index in [1.165, 1.54) is 6.20 Å². The number of hydrogen-bond acceptors (Lipinski definition) is 4. The van der Waals surface area contributed by atoms with Crippen molar-refractivity contribution < 1.29 is 4.79 Å². The molecule has 3 aromatic rings. The van der Waals surface area contributed by atoms with Crippen molar-refractivity contribution in [3.05, 3.63) is 51.8 Å². The third kappa shape index (κ3) is 5.37. The summed E-state index contributed by atoms with van der Waals surface area (Å²) in [5.41, 5.74) is 2.49. The van der Waals surface area contributed by atoms with E-state index in [0.717, 1.165) is 49.2 Å². The molecule has 6 nitrogen and oxygen atoms in total. The summed E-state index contributed by atoms with van der Waals surface area (Å²) in [4.78, 5) is 19.6. The van der Waals surface area contributed by atoms with Crippen LogP contribution in [0.2, 0.25) is 10.0 Å². The number of nitrogens with zero attached hydrogens (tertiary/aromatic N) is 4. The van der Waals surface area contributed by atoms with E-state index in [0.29, 0.717) is 27.2 Å². The first kappa shape index (κ1) is 23.5. The number of benzene rings is 1. The summed E-state index contributed by atoms with van der Waals surface area (Å²) in [5.74, 6) is 0.261. The van der Waals surface area contributed by atoms with Gasteiger partial charge < -0.3 is 10.2 Å². The van der Waals surface area contributed by atoms with Crippen LogP contribution in [0.15, 0.2) is 30.5 Å². The summed E-state index contributed by atoms with van der Waals surface area (Å²) in [6.45, 7) is 8.93. The fourth-order valence-corrected chi connectivity index (χ4v) is 4.26. The number of fused-ring (bicyclic) bond motifs is 1. The molecule has 0 bridgehead atoms. The molecule has 0 aliphatic carbocycles. The van der Waals surface area contributed by atoms with Crippen molar-refractivity contribution in [2.24, 2.45) is 5.92 Å². The van der Waals surface area contributed by atoms with Gasteiger partial charge in [0, 0.05) is 23.5 Å². The first-order chi connectivity index (χ1) is 14.9. The van der Waals surface area contributed by atoms with E-state index in [1.54, 1.807) is 24.3 Å². The number of rotatable bonds is 4. The van der Waals surface area contributed by atoms with Crippen LogP contribution in [0.4, 0.5) is 5.69 Å². The third-order valence-electron chi connectivity index (χ3n) is 5.49. The van der Waals surface area contributed by atoms with Crippen molar-refractivity contribution in [3.8, 4) is 0 Å². The predicted octanol–water partition coefficient (Wildman–Crippen LogP) is 5.67. The molecule has 1 saturated heterocycles. The van der Waals surface area contributed by atoms with Crippen LogP contribution in [0.25, 0.3) is 11.0 Å². The zero-order valence-corrected chi connectivity index (χ0v) is 20.0. The average molecular weight is 462 g/mol. The van der Waals surface area contributed by atoms with Crippen LogP contribution in [-0.2, 0) is 6.54 Å². The summed E-state index contributed by atoms with van der Waals surface area (Å²) in [5, 5.41) is 9.23. The molecule has 1 aromatic carbocycles. The second-order valence-electron chi connectivity index (χ2n) is 7.66. The molecule has 1 aliphatic rings. The number of amides is 1. The minimum Gasteiger partial charge on any atom is -0.322 e. The molecule has 31 heavy (non-hydrogen) atoms. The predicted molar refractivity (Wildman–Crippen MR) is 128 cm³/mol. The molecule has 166 valence electrons. The fourth-order valence-electron chi connectivity index (χ4n) is 3.78. The molecule has 0 radical (unpaired) electrons. The molecule has 3 heterocycles. The highest BCUT2D eigenvalue weighted by atomic mass is 35.5. The monoisotopic (exact) mass is 461 g/mol. The summed E-state index contributed by atoms with van der Waals surface area (Å²) in [6.07, 6.45) is 3.82. The van der Waals surface area contributed by atoms with E-state index in [-0.39, 0.29) is 5.91 Å². The molecule has 0 unspecified atom stereocenters. The van der Waals surface area contributed by atoms with Crippen LogP contribution in [-0.4, -0.2) is 45.7 Å². The molecular weight excluding hydrogens is 433 g/mol. The maximum atomic E-state index is 12.7. The largest absolute Gasteiger partial charge is 0.322 e. The Morgan fingerprint density at radius 2 is 1.81 bits per heavy atom. The highest BCUT2D eigenvalue weighted by Gasteiger charge is 2.22. The molecule has 0 atom stereocenters. The van der Waals surface area contributed by atoms with Crippen LogP contribution in [0, 0.1) is 12.8 Å². The van der Waals surface area contributed by atoms with Crippen molar-refractivity contribution in [1.82, 2.24) is 19.7 Å². The number of anilines is 1. The average Bonchev–Trinajstić information content (AvgIpc) is 3.09. The molecule has 0 spiro atoms. The topological polar surface area (TPSA) is 63.1 Å². The van der Waals surface area contributed by atoms with Gasteiger partial charge in [-0.15, -0.1) is 0 Å². The molecule has 1 aliphatic heterocycles. The third-order valence-corrected chi connectivity index (χ3v) is 6.13. The minimum atomic E-state index is -0.311. The quantitative estimate of drug-likeness (QED) is 0.543. The number of hydrogen-bond donors (Lipinski definition) is 1. The van der Waals surface area contributed by atoms with Gasteiger partial charge in [-0.25, -0.2) is 9.67 Å². The lowest BCUT2D eigenvalue weighted by Crippen LogP contribution is -2.32.